The highest BCUT2D eigenvalue weighted by molar-refractivity contribution is 5.80. The molecule has 1 aliphatic carbocycles. The predicted molar refractivity (Wildman–Crippen MR) is 43.4 cm³/mol. The lowest BCUT2D eigenvalue weighted by molar-refractivity contribution is 0.744. The molecule has 1 atom stereocenters. The number of hydrogen-bond acceptors (Lipinski definition) is 1. The van der Waals surface area contributed by atoms with Crippen molar-refractivity contribution in [2.45, 2.75) is 32.2 Å². The molecule has 0 radical (unpaired) electrons. The van der Waals surface area contributed by atoms with Gasteiger partial charge >= 0.3 is 0 Å². The van der Waals surface area contributed by atoms with Crippen molar-refractivity contribution < 1.29 is 0 Å². The summed E-state index contributed by atoms with van der Waals surface area (Å²) in [6.07, 6.45) is 8.38. The second-order valence-electron chi connectivity index (χ2n) is 3.34. The summed E-state index contributed by atoms with van der Waals surface area (Å²) in [6.45, 7) is 2.16. The van der Waals surface area contributed by atoms with Crippen molar-refractivity contribution in [3.05, 3.63) is 11.6 Å². The fraction of sp³-hybridized carbons (Fsp3) is 0.667. The highest BCUT2D eigenvalue weighted by Gasteiger charge is 2.25. The molecule has 0 spiro atoms. The van der Waals surface area contributed by atoms with E-state index in [0.717, 1.165) is 12.3 Å². The van der Waals surface area contributed by atoms with Gasteiger partial charge in [0.15, 0.2) is 0 Å². The summed E-state index contributed by atoms with van der Waals surface area (Å²) < 4.78 is 0. The first kappa shape index (κ1) is 6.14. The van der Waals surface area contributed by atoms with Crippen LogP contribution in [-0.2, 0) is 0 Å². The van der Waals surface area contributed by atoms with Gasteiger partial charge < -0.3 is 0 Å². The molecule has 0 aromatic carbocycles. The molecule has 2 rings (SSSR count). The van der Waals surface area contributed by atoms with Gasteiger partial charge in [-0.2, -0.15) is 0 Å². The number of allylic oxidation sites excluding steroid dienone is 1. The minimum absolute atomic E-state index is 0.530. The van der Waals surface area contributed by atoms with Gasteiger partial charge in [-0.05, 0) is 37.7 Å². The smallest absolute Gasteiger partial charge is 0.0506 e. The summed E-state index contributed by atoms with van der Waals surface area (Å²) in [6, 6.07) is 0.530. The van der Waals surface area contributed by atoms with Gasteiger partial charge in [-0.3, -0.25) is 4.99 Å². The molecule has 1 heteroatoms. The van der Waals surface area contributed by atoms with Crippen molar-refractivity contribution in [1.29, 1.82) is 0 Å². The zero-order chi connectivity index (χ0) is 6.97. The molecule has 1 heterocycles. The van der Waals surface area contributed by atoms with Crippen LogP contribution in [0.4, 0.5) is 0 Å². The highest BCUT2D eigenvalue weighted by Crippen LogP contribution is 2.36. The fourth-order valence-electron chi connectivity index (χ4n) is 1.32. The molecule has 0 aromatic rings. The third kappa shape index (κ3) is 1.13. The van der Waals surface area contributed by atoms with Crippen LogP contribution in [0.2, 0.25) is 0 Å². The lowest BCUT2D eigenvalue weighted by Crippen LogP contribution is -2.04. The lowest BCUT2D eigenvalue weighted by atomic mass is 10.1. The van der Waals surface area contributed by atoms with Crippen LogP contribution in [0.25, 0.3) is 0 Å². The molecule has 0 aromatic heterocycles. The molecule has 1 fully saturated rings. The van der Waals surface area contributed by atoms with E-state index in [1.807, 2.05) is 0 Å². The molecule has 1 unspecified atom stereocenters. The van der Waals surface area contributed by atoms with Crippen LogP contribution in [-0.4, -0.2) is 12.3 Å². The summed E-state index contributed by atoms with van der Waals surface area (Å²) in [5.74, 6) is 0.885. The van der Waals surface area contributed by atoms with Crippen molar-refractivity contribution >= 4 is 6.21 Å². The van der Waals surface area contributed by atoms with Crippen molar-refractivity contribution in [2.24, 2.45) is 10.9 Å². The maximum absolute atomic E-state index is 4.38. The minimum atomic E-state index is 0.530. The molecule has 1 aliphatic heterocycles. The molecule has 0 saturated heterocycles. The van der Waals surface area contributed by atoms with E-state index >= 15 is 0 Å². The Labute approximate surface area is 61.9 Å². The van der Waals surface area contributed by atoms with Gasteiger partial charge in [0.2, 0.25) is 0 Å². The fourth-order valence-corrected chi connectivity index (χ4v) is 1.32. The summed E-state index contributed by atoms with van der Waals surface area (Å²) >= 11 is 0. The normalized spacial score (nSPS) is 32.1. The Hall–Kier alpha value is -0.590. The third-order valence-corrected chi connectivity index (χ3v) is 2.22. The van der Waals surface area contributed by atoms with E-state index in [0.29, 0.717) is 6.04 Å². The molecule has 1 nitrogen and oxygen atoms in total. The summed E-state index contributed by atoms with van der Waals surface area (Å²) in [4.78, 5) is 4.38. The van der Waals surface area contributed by atoms with Crippen molar-refractivity contribution in [2.75, 3.05) is 0 Å². The number of nitrogens with zero attached hydrogens (tertiary/aromatic N) is 1. The Morgan fingerprint density at radius 1 is 1.50 bits per heavy atom. The van der Waals surface area contributed by atoms with Crippen molar-refractivity contribution in [3.8, 4) is 0 Å². The van der Waals surface area contributed by atoms with Crippen LogP contribution in [0.3, 0.4) is 0 Å². The Morgan fingerprint density at radius 2 is 2.30 bits per heavy atom. The first-order valence-electron chi connectivity index (χ1n) is 4.09. The van der Waals surface area contributed by atoms with Crippen LogP contribution in [0.1, 0.15) is 26.2 Å². The quantitative estimate of drug-likeness (QED) is 0.522. The van der Waals surface area contributed by atoms with Crippen LogP contribution in [0.15, 0.2) is 16.6 Å². The highest BCUT2D eigenvalue weighted by atomic mass is 14.8. The van der Waals surface area contributed by atoms with E-state index in [-0.39, 0.29) is 0 Å². The van der Waals surface area contributed by atoms with Crippen molar-refractivity contribution in [1.82, 2.24) is 0 Å². The standard InChI is InChI=1S/C9H13N/c1-7-2-3-9(6-10-7)8-4-5-8/h3,6-8H,2,4-5H2,1H3. The van der Waals surface area contributed by atoms with E-state index < -0.39 is 0 Å². The van der Waals surface area contributed by atoms with Crippen LogP contribution >= 0.6 is 0 Å². The lowest BCUT2D eigenvalue weighted by Gasteiger charge is -2.09. The van der Waals surface area contributed by atoms with Gasteiger partial charge in [-0.25, -0.2) is 0 Å². The second-order valence-corrected chi connectivity index (χ2v) is 3.34. The van der Waals surface area contributed by atoms with Crippen LogP contribution in [0, 0.1) is 5.92 Å². The monoisotopic (exact) mass is 135 g/mol. The minimum Gasteiger partial charge on any atom is -0.290 e. The largest absolute Gasteiger partial charge is 0.290 e. The summed E-state index contributed by atoms with van der Waals surface area (Å²) in [5.41, 5.74) is 1.50. The number of dihydropyridines is 1. The summed E-state index contributed by atoms with van der Waals surface area (Å²) in [5, 5.41) is 0. The van der Waals surface area contributed by atoms with Gasteiger partial charge in [-0.15, -0.1) is 0 Å². The van der Waals surface area contributed by atoms with Gasteiger partial charge in [0.05, 0.1) is 6.04 Å². The van der Waals surface area contributed by atoms with E-state index in [4.69, 9.17) is 0 Å². The first-order valence-corrected chi connectivity index (χ1v) is 4.09. The Morgan fingerprint density at radius 3 is 2.80 bits per heavy atom. The second kappa shape index (κ2) is 2.22. The molecule has 0 amide bonds. The van der Waals surface area contributed by atoms with Gasteiger partial charge in [0, 0.05) is 6.21 Å². The number of rotatable bonds is 1. The number of aliphatic imine (C=N–C) groups is 1. The van der Waals surface area contributed by atoms with Gasteiger partial charge in [-0.1, -0.05) is 6.08 Å². The molecule has 0 bridgehead atoms. The predicted octanol–water partition coefficient (Wildman–Crippen LogP) is 2.19. The van der Waals surface area contributed by atoms with E-state index in [2.05, 4.69) is 24.2 Å². The average Bonchev–Trinajstić information content (AvgIpc) is 2.71. The van der Waals surface area contributed by atoms with Gasteiger partial charge in [0.25, 0.3) is 0 Å². The summed E-state index contributed by atoms with van der Waals surface area (Å²) in [7, 11) is 0. The van der Waals surface area contributed by atoms with Crippen molar-refractivity contribution in [3.63, 3.8) is 0 Å². The van der Waals surface area contributed by atoms with E-state index in [1.54, 1.807) is 0 Å². The molecule has 10 heavy (non-hydrogen) atoms. The average molecular weight is 135 g/mol. The molecule has 2 aliphatic rings. The van der Waals surface area contributed by atoms with Gasteiger partial charge in [0.1, 0.15) is 0 Å². The topological polar surface area (TPSA) is 12.4 Å². The Bertz CT molecular complexity index is 187. The van der Waals surface area contributed by atoms with E-state index in [9.17, 15) is 0 Å². The third-order valence-electron chi connectivity index (χ3n) is 2.22. The SMILES string of the molecule is CC1CC=C(C2CC2)C=N1. The van der Waals surface area contributed by atoms with Crippen LogP contribution in [0.5, 0.6) is 0 Å². The zero-order valence-electron chi connectivity index (χ0n) is 6.38. The molecular formula is C9H13N. The molecular weight excluding hydrogens is 122 g/mol. The maximum atomic E-state index is 4.38. The maximum Gasteiger partial charge on any atom is 0.0506 e. The Balaban J connectivity index is 2.04. The number of hydrogen-bond donors (Lipinski definition) is 0. The molecule has 54 valence electrons. The zero-order valence-corrected chi connectivity index (χ0v) is 6.38. The molecule has 1 saturated carbocycles. The van der Waals surface area contributed by atoms with E-state index in [1.165, 1.54) is 18.4 Å². The van der Waals surface area contributed by atoms with Crippen LogP contribution < -0.4 is 0 Å². The first-order chi connectivity index (χ1) is 4.86. The molecule has 0 N–H and O–H groups in total. The Kier molecular flexibility index (Phi) is 1.37.